The van der Waals surface area contributed by atoms with Gasteiger partial charge in [0.05, 0.1) is 52.3 Å². The van der Waals surface area contributed by atoms with Crippen LogP contribution in [0.2, 0.25) is 10.0 Å². The number of carbonyl (C=O) groups excluding carboxylic acids is 1. The van der Waals surface area contributed by atoms with Crippen LogP contribution >= 0.6 is 23.2 Å². The molecule has 3 aromatic heterocycles. The highest BCUT2D eigenvalue weighted by atomic mass is 35.5. The Bertz CT molecular complexity index is 1710. The van der Waals surface area contributed by atoms with E-state index in [4.69, 9.17) is 32.9 Å². The van der Waals surface area contributed by atoms with E-state index in [-0.39, 0.29) is 24.7 Å². The van der Waals surface area contributed by atoms with Crippen LogP contribution in [0, 0.1) is 0 Å². The van der Waals surface area contributed by atoms with Crippen molar-refractivity contribution < 1.29 is 14.6 Å². The lowest BCUT2D eigenvalue weighted by atomic mass is 10.0. The number of fused-ring (bicyclic) bond motifs is 5. The molecule has 38 heavy (non-hydrogen) atoms. The molecule has 0 spiro atoms. The minimum absolute atomic E-state index is 0.0466. The summed E-state index contributed by atoms with van der Waals surface area (Å²) in [6.07, 6.45) is 4.76. The summed E-state index contributed by atoms with van der Waals surface area (Å²) in [5.74, 6) is 0.0466. The molecule has 0 radical (unpaired) electrons. The minimum Gasteiger partial charge on any atom is -0.390 e. The number of nitrogens with zero attached hydrogens (tertiary/aromatic N) is 4. The van der Waals surface area contributed by atoms with Gasteiger partial charge < -0.3 is 19.1 Å². The van der Waals surface area contributed by atoms with Crippen LogP contribution < -0.4 is 0 Å². The van der Waals surface area contributed by atoms with Crippen molar-refractivity contribution in [2.75, 3.05) is 13.2 Å². The number of aliphatic hydroxyl groups excluding tert-OH is 1. The zero-order valence-corrected chi connectivity index (χ0v) is 21.7. The van der Waals surface area contributed by atoms with Gasteiger partial charge >= 0.3 is 0 Å². The molecule has 7 nitrogen and oxygen atoms in total. The number of ether oxygens (including phenoxy) is 1. The molecule has 2 bridgehead atoms. The maximum Gasteiger partial charge on any atom is 0.254 e. The normalized spacial score (nSPS) is 18.7. The summed E-state index contributed by atoms with van der Waals surface area (Å²) >= 11 is 13.0. The van der Waals surface area contributed by atoms with Crippen LogP contribution in [0.4, 0.5) is 0 Å². The zero-order valence-electron chi connectivity index (χ0n) is 20.1. The van der Waals surface area contributed by atoms with Gasteiger partial charge in [0.25, 0.3) is 5.91 Å². The van der Waals surface area contributed by atoms with Crippen LogP contribution in [0.5, 0.6) is 0 Å². The third kappa shape index (κ3) is 3.69. The highest BCUT2D eigenvalue weighted by molar-refractivity contribution is 6.39. The van der Waals surface area contributed by atoms with Crippen LogP contribution in [0.25, 0.3) is 38.9 Å². The number of likely N-dealkylation sites (tertiary alicyclic amines) is 1. The summed E-state index contributed by atoms with van der Waals surface area (Å²) in [6.45, 7) is 1.05. The van der Waals surface area contributed by atoms with Gasteiger partial charge in [0.15, 0.2) is 0 Å². The summed E-state index contributed by atoms with van der Waals surface area (Å²) in [5, 5.41) is 12.0. The third-order valence-corrected chi connectivity index (χ3v) is 8.16. The maximum absolute atomic E-state index is 13.0. The lowest BCUT2D eigenvalue weighted by Crippen LogP contribution is -2.41. The van der Waals surface area contributed by atoms with Gasteiger partial charge in [0.1, 0.15) is 5.65 Å². The van der Waals surface area contributed by atoms with Crippen LogP contribution in [0.15, 0.2) is 67.0 Å². The molecule has 2 atom stereocenters. The van der Waals surface area contributed by atoms with Crippen LogP contribution in [-0.2, 0) is 11.3 Å². The molecule has 0 unspecified atom stereocenters. The van der Waals surface area contributed by atoms with E-state index in [1.807, 2.05) is 58.1 Å². The predicted octanol–water partition coefficient (Wildman–Crippen LogP) is 5.63. The van der Waals surface area contributed by atoms with Crippen molar-refractivity contribution in [3.05, 3.63) is 88.3 Å². The Hall–Kier alpha value is -3.49. The van der Waals surface area contributed by atoms with Gasteiger partial charge in [0, 0.05) is 41.0 Å². The third-order valence-electron chi connectivity index (χ3n) is 7.53. The van der Waals surface area contributed by atoms with Crippen molar-refractivity contribution in [2.24, 2.45) is 0 Å². The number of morpholine rings is 1. The molecular formula is C29H22Cl2N4O3. The monoisotopic (exact) mass is 544 g/mol. The Balaban J connectivity index is 1.29. The number of pyridine rings is 2. The molecule has 2 saturated heterocycles. The predicted molar refractivity (Wildman–Crippen MR) is 146 cm³/mol. The van der Waals surface area contributed by atoms with E-state index >= 15 is 0 Å². The largest absolute Gasteiger partial charge is 0.390 e. The molecule has 9 heteroatoms. The van der Waals surface area contributed by atoms with Crippen molar-refractivity contribution in [2.45, 2.75) is 25.2 Å². The van der Waals surface area contributed by atoms with Gasteiger partial charge in [-0.2, -0.15) is 0 Å². The van der Waals surface area contributed by atoms with Crippen molar-refractivity contribution in [1.29, 1.82) is 0 Å². The number of aliphatic hydroxyl groups is 1. The van der Waals surface area contributed by atoms with Crippen molar-refractivity contribution in [3.8, 4) is 22.4 Å². The lowest BCUT2D eigenvalue weighted by molar-refractivity contribution is 0.0259. The minimum atomic E-state index is -0.239. The van der Waals surface area contributed by atoms with Gasteiger partial charge in [-0.05, 0) is 48.4 Å². The first-order valence-corrected chi connectivity index (χ1v) is 13.2. The Morgan fingerprint density at radius 2 is 1.87 bits per heavy atom. The molecule has 1 amide bonds. The molecule has 2 aliphatic heterocycles. The smallest absolute Gasteiger partial charge is 0.254 e. The van der Waals surface area contributed by atoms with Crippen LogP contribution in [0.1, 0.15) is 22.5 Å². The molecule has 0 aliphatic carbocycles. The number of benzene rings is 2. The molecular weight excluding hydrogens is 523 g/mol. The van der Waals surface area contributed by atoms with E-state index in [0.717, 1.165) is 28.5 Å². The summed E-state index contributed by atoms with van der Waals surface area (Å²) in [7, 11) is 0. The van der Waals surface area contributed by atoms with Crippen LogP contribution in [0.3, 0.4) is 0 Å². The summed E-state index contributed by atoms with van der Waals surface area (Å²) in [5.41, 5.74) is 5.61. The van der Waals surface area contributed by atoms with Crippen molar-refractivity contribution in [1.82, 2.24) is 19.3 Å². The summed E-state index contributed by atoms with van der Waals surface area (Å²) < 4.78 is 7.47. The van der Waals surface area contributed by atoms with E-state index in [0.29, 0.717) is 51.4 Å². The van der Waals surface area contributed by atoms with Crippen molar-refractivity contribution in [3.63, 3.8) is 0 Å². The average molecular weight is 545 g/mol. The number of halogens is 2. The van der Waals surface area contributed by atoms with Gasteiger partial charge in [0.2, 0.25) is 0 Å². The first kappa shape index (κ1) is 23.6. The number of hydrogen-bond acceptors (Lipinski definition) is 5. The zero-order chi connectivity index (χ0) is 26.0. The van der Waals surface area contributed by atoms with Crippen LogP contribution in [-0.4, -0.2) is 55.6 Å². The first-order chi connectivity index (χ1) is 18.5. The first-order valence-electron chi connectivity index (χ1n) is 12.4. The molecule has 0 saturated carbocycles. The Morgan fingerprint density at radius 3 is 2.55 bits per heavy atom. The number of carbonyl (C=O) groups is 1. The Kier molecular flexibility index (Phi) is 5.63. The number of rotatable bonds is 4. The Labute approximate surface area is 228 Å². The molecule has 190 valence electrons. The van der Waals surface area contributed by atoms with Gasteiger partial charge in [-0.15, -0.1) is 0 Å². The maximum atomic E-state index is 13.0. The molecule has 1 N–H and O–H groups in total. The molecule has 5 aromatic rings. The van der Waals surface area contributed by atoms with Crippen molar-refractivity contribution >= 4 is 45.7 Å². The van der Waals surface area contributed by atoms with E-state index in [9.17, 15) is 9.90 Å². The SMILES string of the molecule is O=C(c1ccc(-c2cnc3ccn4c(CO)c(-c5c(Cl)cccc5Cl)nc4c3c2)cc1)N1C[C@@H]2C[C@H]1CO2. The molecule has 5 heterocycles. The standard InChI is InChI=1S/C29H22Cl2N4O3/c30-22-2-1-3-23(31)26(22)27-25(14-36)34-9-8-24-21(28(34)33-27)10-18(12-32-24)16-4-6-17(7-5-16)29(37)35-13-20-11-19(35)15-38-20/h1-10,12,19-20,36H,11,13-15H2/t19-,20-/m0/s1. The second-order valence-electron chi connectivity index (χ2n) is 9.71. The summed E-state index contributed by atoms with van der Waals surface area (Å²) in [6, 6.07) is 17.0. The molecule has 2 fully saturated rings. The molecule has 2 aromatic carbocycles. The second-order valence-corrected chi connectivity index (χ2v) is 10.5. The van der Waals surface area contributed by atoms with E-state index < -0.39 is 0 Å². The highest BCUT2D eigenvalue weighted by Gasteiger charge is 2.41. The number of amides is 1. The fraction of sp³-hybridized carbons (Fsp3) is 0.207. The Morgan fingerprint density at radius 1 is 1.08 bits per heavy atom. The average Bonchev–Trinajstić information content (AvgIpc) is 3.67. The quantitative estimate of drug-likeness (QED) is 0.317. The molecule has 2 aliphatic rings. The fourth-order valence-corrected chi connectivity index (χ4v) is 6.18. The topological polar surface area (TPSA) is 80.0 Å². The van der Waals surface area contributed by atoms with E-state index in [1.165, 1.54) is 0 Å². The highest BCUT2D eigenvalue weighted by Crippen LogP contribution is 2.38. The number of aromatic nitrogens is 3. The van der Waals surface area contributed by atoms with Gasteiger partial charge in [-0.25, -0.2) is 4.98 Å². The molecule has 7 rings (SSSR count). The lowest BCUT2D eigenvalue weighted by Gasteiger charge is -2.27. The number of imidazole rings is 1. The van der Waals surface area contributed by atoms with Gasteiger partial charge in [-0.1, -0.05) is 41.4 Å². The number of hydrogen-bond donors (Lipinski definition) is 1. The summed E-state index contributed by atoms with van der Waals surface area (Å²) in [4.78, 5) is 24.5. The fourth-order valence-electron chi connectivity index (χ4n) is 5.60. The van der Waals surface area contributed by atoms with E-state index in [1.54, 1.807) is 18.2 Å². The van der Waals surface area contributed by atoms with E-state index in [2.05, 4.69) is 4.98 Å². The second kappa shape index (κ2) is 9.06. The van der Waals surface area contributed by atoms with Gasteiger partial charge in [-0.3, -0.25) is 9.78 Å².